The van der Waals surface area contributed by atoms with Crippen LogP contribution >= 0.6 is 12.4 Å². The molecule has 118 valence electrons. The maximum atomic E-state index is 13.4. The lowest BCUT2D eigenvalue weighted by Gasteiger charge is -2.30. The first-order chi connectivity index (χ1) is 9.45. The first kappa shape index (κ1) is 17.9. The van der Waals surface area contributed by atoms with Crippen LogP contribution in [-0.2, 0) is 10.2 Å². The fraction of sp³-hybridized carbons (Fsp3) is 0.562. The molecule has 1 N–H and O–H groups in total. The van der Waals surface area contributed by atoms with Crippen molar-refractivity contribution in [2.75, 3.05) is 26.7 Å². The fourth-order valence-electron chi connectivity index (χ4n) is 2.87. The van der Waals surface area contributed by atoms with Crippen molar-refractivity contribution < 1.29 is 9.18 Å². The third kappa shape index (κ3) is 3.95. The zero-order valence-electron chi connectivity index (χ0n) is 12.9. The van der Waals surface area contributed by atoms with E-state index in [9.17, 15) is 9.18 Å². The molecular formula is C16H24ClFN2O. The van der Waals surface area contributed by atoms with Crippen LogP contribution in [-0.4, -0.2) is 37.5 Å². The molecule has 21 heavy (non-hydrogen) atoms. The highest BCUT2D eigenvalue weighted by molar-refractivity contribution is 5.87. The maximum Gasteiger partial charge on any atom is 0.232 e. The molecule has 0 radical (unpaired) electrons. The fourth-order valence-corrected chi connectivity index (χ4v) is 2.87. The standard InChI is InChI=1S/C16H23FN2O.ClH/c1-16(2,13-5-4-6-14(17)9-13)15(20)19-8-7-12(11-19)10-18-3;/h4-6,9,12,18H,7-8,10-11H2,1-3H3;1H. The number of amides is 1. The Kier molecular flexibility index (Phi) is 6.17. The van der Waals surface area contributed by atoms with Crippen molar-refractivity contribution in [1.82, 2.24) is 10.2 Å². The highest BCUT2D eigenvalue weighted by Gasteiger charge is 2.37. The van der Waals surface area contributed by atoms with E-state index in [1.165, 1.54) is 12.1 Å². The lowest BCUT2D eigenvalue weighted by molar-refractivity contribution is -0.135. The van der Waals surface area contributed by atoms with E-state index in [1.54, 1.807) is 6.07 Å². The van der Waals surface area contributed by atoms with E-state index in [0.29, 0.717) is 5.92 Å². The summed E-state index contributed by atoms with van der Waals surface area (Å²) in [5.41, 5.74) is 0.0518. The Morgan fingerprint density at radius 2 is 2.19 bits per heavy atom. The second-order valence-corrected chi connectivity index (χ2v) is 6.10. The van der Waals surface area contributed by atoms with Crippen molar-refractivity contribution in [1.29, 1.82) is 0 Å². The summed E-state index contributed by atoms with van der Waals surface area (Å²) in [6.07, 6.45) is 1.03. The molecule has 0 bridgehead atoms. The second-order valence-electron chi connectivity index (χ2n) is 6.10. The van der Waals surface area contributed by atoms with E-state index >= 15 is 0 Å². The minimum atomic E-state index is -0.684. The smallest absolute Gasteiger partial charge is 0.232 e. The molecule has 3 nitrogen and oxygen atoms in total. The molecule has 1 atom stereocenters. The monoisotopic (exact) mass is 314 g/mol. The van der Waals surface area contributed by atoms with Gasteiger partial charge < -0.3 is 10.2 Å². The van der Waals surface area contributed by atoms with Gasteiger partial charge in [0, 0.05) is 13.1 Å². The highest BCUT2D eigenvalue weighted by Crippen LogP contribution is 2.29. The summed E-state index contributed by atoms with van der Waals surface area (Å²) in [5, 5.41) is 3.16. The minimum absolute atomic E-state index is 0. The molecule has 1 heterocycles. The summed E-state index contributed by atoms with van der Waals surface area (Å²) < 4.78 is 13.4. The summed E-state index contributed by atoms with van der Waals surface area (Å²) >= 11 is 0. The molecule has 0 saturated carbocycles. The van der Waals surface area contributed by atoms with E-state index in [4.69, 9.17) is 0 Å². The Balaban J connectivity index is 0.00000220. The summed E-state index contributed by atoms with van der Waals surface area (Å²) in [4.78, 5) is 14.6. The summed E-state index contributed by atoms with van der Waals surface area (Å²) in [6.45, 7) is 6.26. The molecule has 1 fully saturated rings. The van der Waals surface area contributed by atoms with E-state index in [-0.39, 0.29) is 24.1 Å². The number of nitrogens with one attached hydrogen (secondary N) is 1. The Labute approximate surface area is 132 Å². The number of nitrogens with zero attached hydrogens (tertiary/aromatic N) is 1. The topological polar surface area (TPSA) is 32.3 Å². The van der Waals surface area contributed by atoms with E-state index in [2.05, 4.69) is 5.32 Å². The van der Waals surface area contributed by atoms with Gasteiger partial charge in [-0.25, -0.2) is 4.39 Å². The zero-order valence-corrected chi connectivity index (χ0v) is 13.7. The normalized spacial score (nSPS) is 18.5. The van der Waals surface area contributed by atoms with Gasteiger partial charge in [-0.05, 0) is 57.5 Å². The average Bonchev–Trinajstić information content (AvgIpc) is 2.87. The van der Waals surface area contributed by atoms with Crippen LogP contribution in [0, 0.1) is 11.7 Å². The van der Waals surface area contributed by atoms with Crippen molar-refractivity contribution in [2.45, 2.75) is 25.7 Å². The number of carbonyl (C=O) groups excluding carboxylic acids is 1. The largest absolute Gasteiger partial charge is 0.342 e. The SMILES string of the molecule is CNCC1CCN(C(=O)C(C)(C)c2cccc(F)c2)C1.Cl. The van der Waals surface area contributed by atoms with Crippen LogP contribution in [0.3, 0.4) is 0 Å². The van der Waals surface area contributed by atoms with Gasteiger partial charge in [0.15, 0.2) is 0 Å². The molecule has 0 spiro atoms. The van der Waals surface area contributed by atoms with Gasteiger partial charge in [-0.15, -0.1) is 12.4 Å². The molecule has 1 aliphatic heterocycles. The molecule has 1 aliphatic rings. The molecule has 5 heteroatoms. The van der Waals surface area contributed by atoms with Gasteiger partial charge in [0.1, 0.15) is 5.82 Å². The molecule has 1 saturated heterocycles. The van der Waals surface area contributed by atoms with Gasteiger partial charge in [-0.1, -0.05) is 12.1 Å². The quantitative estimate of drug-likeness (QED) is 0.926. The number of hydrogen-bond acceptors (Lipinski definition) is 2. The maximum absolute atomic E-state index is 13.4. The van der Waals surface area contributed by atoms with Gasteiger partial charge in [0.2, 0.25) is 5.91 Å². The number of rotatable bonds is 4. The Morgan fingerprint density at radius 1 is 1.48 bits per heavy atom. The van der Waals surface area contributed by atoms with E-state index < -0.39 is 5.41 Å². The molecule has 1 aromatic rings. The van der Waals surface area contributed by atoms with Gasteiger partial charge in [-0.2, -0.15) is 0 Å². The van der Waals surface area contributed by atoms with E-state index in [1.807, 2.05) is 31.9 Å². The molecule has 1 aromatic carbocycles. The number of hydrogen-bond donors (Lipinski definition) is 1. The molecular weight excluding hydrogens is 291 g/mol. The van der Waals surface area contributed by atoms with Gasteiger partial charge in [0.25, 0.3) is 0 Å². The van der Waals surface area contributed by atoms with Gasteiger partial charge >= 0.3 is 0 Å². The summed E-state index contributed by atoms with van der Waals surface area (Å²) in [7, 11) is 1.93. The van der Waals surface area contributed by atoms with Crippen LogP contribution in [0.1, 0.15) is 25.8 Å². The Hall–Kier alpha value is -1.13. The molecule has 2 rings (SSSR count). The van der Waals surface area contributed by atoms with Crippen molar-refractivity contribution in [3.05, 3.63) is 35.6 Å². The van der Waals surface area contributed by atoms with Gasteiger partial charge in [-0.3, -0.25) is 4.79 Å². The van der Waals surface area contributed by atoms with Crippen LogP contribution in [0.2, 0.25) is 0 Å². The minimum Gasteiger partial charge on any atom is -0.342 e. The van der Waals surface area contributed by atoms with Crippen molar-refractivity contribution >= 4 is 18.3 Å². The van der Waals surface area contributed by atoms with Crippen LogP contribution in [0.4, 0.5) is 4.39 Å². The Bertz CT molecular complexity index is 493. The van der Waals surface area contributed by atoms with Crippen LogP contribution < -0.4 is 5.32 Å². The number of carbonyl (C=O) groups is 1. The lowest BCUT2D eigenvalue weighted by Crippen LogP contribution is -2.42. The predicted molar refractivity (Wildman–Crippen MR) is 85.3 cm³/mol. The zero-order chi connectivity index (χ0) is 14.8. The first-order valence-electron chi connectivity index (χ1n) is 7.15. The van der Waals surface area contributed by atoms with Crippen LogP contribution in [0.15, 0.2) is 24.3 Å². The van der Waals surface area contributed by atoms with E-state index in [0.717, 1.165) is 31.6 Å². The van der Waals surface area contributed by atoms with Gasteiger partial charge in [0.05, 0.1) is 5.41 Å². The van der Waals surface area contributed by atoms with Crippen molar-refractivity contribution in [2.24, 2.45) is 5.92 Å². The molecule has 0 aromatic heterocycles. The molecule has 1 unspecified atom stereocenters. The predicted octanol–water partition coefficient (Wildman–Crippen LogP) is 2.59. The average molecular weight is 315 g/mol. The molecule has 1 amide bonds. The summed E-state index contributed by atoms with van der Waals surface area (Å²) in [6, 6.07) is 6.34. The van der Waals surface area contributed by atoms with Crippen molar-refractivity contribution in [3.63, 3.8) is 0 Å². The third-order valence-corrected chi connectivity index (χ3v) is 4.15. The first-order valence-corrected chi connectivity index (χ1v) is 7.15. The van der Waals surface area contributed by atoms with Crippen molar-refractivity contribution in [3.8, 4) is 0 Å². The summed E-state index contributed by atoms with van der Waals surface area (Å²) in [5.74, 6) is 0.312. The highest BCUT2D eigenvalue weighted by atomic mass is 35.5. The lowest BCUT2D eigenvalue weighted by atomic mass is 9.83. The number of likely N-dealkylation sites (tertiary alicyclic amines) is 1. The second kappa shape index (κ2) is 7.23. The number of benzene rings is 1. The van der Waals surface area contributed by atoms with Crippen LogP contribution in [0.25, 0.3) is 0 Å². The van der Waals surface area contributed by atoms with Crippen LogP contribution in [0.5, 0.6) is 0 Å². The Morgan fingerprint density at radius 3 is 2.81 bits per heavy atom. The third-order valence-electron chi connectivity index (χ3n) is 4.15. The number of halogens is 2. The molecule has 0 aliphatic carbocycles.